The highest BCUT2D eigenvalue weighted by Gasteiger charge is 2.15. The zero-order valence-electron chi connectivity index (χ0n) is 11.7. The van der Waals surface area contributed by atoms with Gasteiger partial charge in [-0.2, -0.15) is 0 Å². The zero-order valence-corrected chi connectivity index (χ0v) is 13.3. The van der Waals surface area contributed by atoms with Gasteiger partial charge in [-0.3, -0.25) is 9.78 Å². The summed E-state index contributed by atoms with van der Waals surface area (Å²) in [4.78, 5) is 25.8. The third-order valence-corrected chi connectivity index (χ3v) is 4.66. The largest absolute Gasteiger partial charge is 0.354 e. The maximum atomic E-state index is 12.0. The van der Waals surface area contributed by atoms with Crippen LogP contribution in [0.15, 0.2) is 9.13 Å². The Kier molecular flexibility index (Phi) is 4.97. The van der Waals surface area contributed by atoms with Crippen LogP contribution in [0.1, 0.15) is 0 Å². The number of rotatable bonds is 6. The molecule has 0 radical (unpaired) electrons. The van der Waals surface area contributed by atoms with E-state index in [4.69, 9.17) is 9.47 Å². The number of methoxy groups -OCH3 is 2. The van der Waals surface area contributed by atoms with Gasteiger partial charge in [0.2, 0.25) is 5.95 Å². The first kappa shape index (κ1) is 15.2. The summed E-state index contributed by atoms with van der Waals surface area (Å²) in [6.45, 7) is 0.454. The average molecular weight is 316 g/mol. The van der Waals surface area contributed by atoms with E-state index >= 15 is 0 Å². The van der Waals surface area contributed by atoms with Crippen LogP contribution in [0.5, 0.6) is 0 Å². The normalized spacial score (nSPS) is 11.4. The van der Waals surface area contributed by atoms with Gasteiger partial charge < -0.3 is 14.4 Å². The topological polar surface area (TPSA) is 80.3 Å². The van der Waals surface area contributed by atoms with Crippen molar-refractivity contribution in [3.8, 4) is 0 Å². The number of nitrogens with zero attached hydrogens (tertiary/aromatic N) is 3. The monoisotopic (exact) mass is 316 g/mol. The van der Waals surface area contributed by atoms with Gasteiger partial charge in [0, 0.05) is 21.3 Å². The molecular weight excluding hydrogens is 300 g/mol. The summed E-state index contributed by atoms with van der Waals surface area (Å²) in [5.41, 5.74) is 0.145. The predicted octanol–water partition coefficient (Wildman–Crippen LogP) is 1.16. The molecule has 0 aliphatic carbocycles. The van der Waals surface area contributed by atoms with Gasteiger partial charge in [0.05, 0.1) is 6.54 Å². The number of H-pyrrole nitrogens is 1. The lowest BCUT2D eigenvalue weighted by Crippen LogP contribution is -2.33. The molecule has 0 saturated carbocycles. The van der Waals surface area contributed by atoms with Crippen LogP contribution in [-0.2, 0) is 9.47 Å². The number of anilines is 1. The first-order valence-corrected chi connectivity index (χ1v) is 7.84. The van der Waals surface area contributed by atoms with E-state index in [9.17, 15) is 4.79 Å². The Balaban J connectivity index is 2.32. The summed E-state index contributed by atoms with van der Waals surface area (Å²) in [6.07, 6.45) is 1.53. The molecule has 0 bridgehead atoms. The van der Waals surface area contributed by atoms with Crippen LogP contribution in [0.25, 0.3) is 10.3 Å². The Labute approximate surface area is 124 Å². The minimum Gasteiger partial charge on any atom is -0.354 e. The van der Waals surface area contributed by atoms with E-state index in [0.29, 0.717) is 22.8 Å². The number of ether oxygens (including phenoxy) is 2. The molecule has 2 aromatic rings. The van der Waals surface area contributed by atoms with Crippen LogP contribution in [0.4, 0.5) is 5.95 Å². The molecule has 0 spiro atoms. The highest BCUT2D eigenvalue weighted by atomic mass is 32.2. The Morgan fingerprint density at radius 3 is 2.70 bits per heavy atom. The Bertz CT molecular complexity index is 638. The number of aromatic nitrogens is 3. The molecule has 0 unspecified atom stereocenters. The van der Waals surface area contributed by atoms with E-state index in [1.807, 2.05) is 13.3 Å². The highest BCUT2D eigenvalue weighted by Crippen LogP contribution is 2.25. The van der Waals surface area contributed by atoms with Gasteiger partial charge in [0.1, 0.15) is 0 Å². The van der Waals surface area contributed by atoms with Gasteiger partial charge >= 0.3 is 0 Å². The van der Waals surface area contributed by atoms with Crippen LogP contribution >= 0.6 is 23.1 Å². The molecule has 9 heteroatoms. The molecule has 2 heterocycles. The van der Waals surface area contributed by atoms with Crippen molar-refractivity contribution < 1.29 is 9.47 Å². The molecule has 0 saturated heterocycles. The molecule has 0 atom stereocenters. The summed E-state index contributed by atoms with van der Waals surface area (Å²) in [5.74, 6) is 0.470. The number of hydrogen-bond donors (Lipinski definition) is 1. The second-order valence-electron chi connectivity index (χ2n) is 4.01. The number of hydrogen-bond acceptors (Lipinski definition) is 8. The summed E-state index contributed by atoms with van der Waals surface area (Å²) in [7, 11) is 4.94. The second kappa shape index (κ2) is 6.53. The van der Waals surface area contributed by atoms with E-state index in [-0.39, 0.29) is 11.8 Å². The fraction of sp³-hybridized carbons (Fsp3) is 0.545. The van der Waals surface area contributed by atoms with Gasteiger partial charge in [-0.25, -0.2) is 9.97 Å². The van der Waals surface area contributed by atoms with Crippen LogP contribution < -0.4 is 10.5 Å². The standard InChI is InChI=1S/C11H16N4O3S2/c1-15(5-6(17-2)18-3)10-13-8(16)7-9(14-10)20-11(12-7)19-4/h6H,5H2,1-4H3,(H,13,14,16). The van der Waals surface area contributed by atoms with Gasteiger partial charge in [0.15, 0.2) is 21.0 Å². The van der Waals surface area contributed by atoms with Gasteiger partial charge in [0.25, 0.3) is 5.56 Å². The molecule has 1 N–H and O–H groups in total. The predicted molar refractivity (Wildman–Crippen MR) is 80.9 cm³/mol. The minimum atomic E-state index is -0.385. The molecular formula is C11H16N4O3S2. The number of fused-ring (bicyclic) bond motifs is 1. The van der Waals surface area contributed by atoms with E-state index in [0.717, 1.165) is 4.34 Å². The Hall–Kier alpha value is -1.16. The van der Waals surface area contributed by atoms with E-state index in [1.165, 1.54) is 23.1 Å². The SMILES string of the molecule is COC(CN(C)c1nc2sc(SC)nc2c(=O)[nH]1)OC. The van der Waals surface area contributed by atoms with Crippen molar-refractivity contribution in [2.75, 3.05) is 39.0 Å². The van der Waals surface area contributed by atoms with E-state index in [1.54, 1.807) is 19.1 Å². The lowest BCUT2D eigenvalue weighted by molar-refractivity contribution is -0.0945. The van der Waals surface area contributed by atoms with Gasteiger partial charge in [-0.05, 0) is 6.26 Å². The highest BCUT2D eigenvalue weighted by molar-refractivity contribution is 8.00. The van der Waals surface area contributed by atoms with E-state index < -0.39 is 0 Å². The number of thiazole rings is 1. The number of aromatic amines is 1. The molecule has 0 aromatic carbocycles. The summed E-state index contributed by atoms with van der Waals surface area (Å²) in [5, 5.41) is 0. The van der Waals surface area contributed by atoms with Gasteiger partial charge in [-0.1, -0.05) is 23.1 Å². The second-order valence-corrected chi connectivity index (χ2v) is 6.04. The average Bonchev–Trinajstić information content (AvgIpc) is 2.88. The van der Waals surface area contributed by atoms with Crippen molar-refractivity contribution in [2.24, 2.45) is 0 Å². The van der Waals surface area contributed by atoms with Crippen molar-refractivity contribution in [3.05, 3.63) is 10.4 Å². The molecule has 2 rings (SSSR count). The molecule has 7 nitrogen and oxygen atoms in total. The van der Waals surface area contributed by atoms with Crippen LogP contribution in [0.2, 0.25) is 0 Å². The first-order chi connectivity index (χ1) is 9.58. The zero-order chi connectivity index (χ0) is 14.7. The number of likely N-dealkylation sites (N-methyl/N-ethyl adjacent to an activating group) is 1. The van der Waals surface area contributed by atoms with Crippen molar-refractivity contribution in [1.82, 2.24) is 15.0 Å². The summed E-state index contributed by atoms with van der Waals surface area (Å²) < 4.78 is 11.1. The molecule has 0 fully saturated rings. The van der Waals surface area contributed by atoms with Crippen LogP contribution in [-0.4, -0.2) is 55.3 Å². The maximum Gasteiger partial charge on any atom is 0.279 e. The van der Waals surface area contributed by atoms with Crippen LogP contribution in [0.3, 0.4) is 0 Å². The minimum absolute atomic E-state index is 0.236. The lowest BCUT2D eigenvalue weighted by atomic mass is 10.5. The number of thioether (sulfide) groups is 1. The number of nitrogens with one attached hydrogen (secondary N) is 1. The van der Waals surface area contributed by atoms with E-state index in [2.05, 4.69) is 15.0 Å². The molecule has 0 aliphatic heterocycles. The molecule has 0 aliphatic rings. The third-order valence-electron chi connectivity index (χ3n) is 2.72. The van der Waals surface area contributed by atoms with Crippen molar-refractivity contribution >= 4 is 39.4 Å². The van der Waals surface area contributed by atoms with Crippen LogP contribution in [0, 0.1) is 0 Å². The lowest BCUT2D eigenvalue weighted by Gasteiger charge is -2.22. The third kappa shape index (κ3) is 3.11. The maximum absolute atomic E-state index is 12.0. The smallest absolute Gasteiger partial charge is 0.279 e. The van der Waals surface area contributed by atoms with Crippen molar-refractivity contribution in [3.63, 3.8) is 0 Å². The molecule has 0 amide bonds. The molecule has 110 valence electrons. The summed E-state index contributed by atoms with van der Waals surface area (Å²) >= 11 is 2.90. The molecule has 20 heavy (non-hydrogen) atoms. The van der Waals surface area contributed by atoms with Crippen molar-refractivity contribution in [1.29, 1.82) is 0 Å². The fourth-order valence-corrected chi connectivity index (χ4v) is 3.05. The van der Waals surface area contributed by atoms with Gasteiger partial charge in [-0.15, -0.1) is 0 Å². The van der Waals surface area contributed by atoms with Crippen molar-refractivity contribution in [2.45, 2.75) is 10.6 Å². The quantitative estimate of drug-likeness (QED) is 0.632. The Morgan fingerprint density at radius 2 is 2.10 bits per heavy atom. The molecule has 2 aromatic heterocycles. The fourth-order valence-electron chi connectivity index (χ4n) is 1.62. The summed E-state index contributed by atoms with van der Waals surface area (Å²) in [6, 6.07) is 0. The first-order valence-electron chi connectivity index (χ1n) is 5.80. The Morgan fingerprint density at radius 1 is 1.40 bits per heavy atom.